The molecule has 1 unspecified atom stereocenters. The van der Waals surface area contributed by atoms with Crippen molar-refractivity contribution in [2.45, 2.75) is 19.9 Å². The standard InChI is InChI=1S/C10H16N2O2/c1-7-3-8(2)10(14)12(5-7)9(4-11)6-13/h3,5,9,13H,4,6,11H2,1-2H3. The van der Waals surface area contributed by atoms with Gasteiger partial charge in [0, 0.05) is 18.3 Å². The fourth-order valence-electron chi connectivity index (χ4n) is 1.47. The van der Waals surface area contributed by atoms with Gasteiger partial charge in [0.2, 0.25) is 0 Å². The first kappa shape index (κ1) is 10.9. The van der Waals surface area contributed by atoms with Crippen LogP contribution in [0.3, 0.4) is 0 Å². The number of rotatable bonds is 3. The summed E-state index contributed by atoms with van der Waals surface area (Å²) in [6.45, 7) is 3.82. The molecule has 0 aliphatic rings. The maximum Gasteiger partial charge on any atom is 0.253 e. The van der Waals surface area contributed by atoms with Crippen LogP contribution in [0.1, 0.15) is 17.2 Å². The Labute approximate surface area is 83.0 Å². The van der Waals surface area contributed by atoms with Crippen LogP contribution in [-0.2, 0) is 0 Å². The van der Waals surface area contributed by atoms with Crippen LogP contribution in [0.4, 0.5) is 0 Å². The minimum Gasteiger partial charge on any atom is -0.394 e. The average molecular weight is 196 g/mol. The van der Waals surface area contributed by atoms with Crippen molar-refractivity contribution in [3.63, 3.8) is 0 Å². The molecule has 1 rings (SSSR count). The van der Waals surface area contributed by atoms with Gasteiger partial charge in [-0.3, -0.25) is 4.79 Å². The number of hydrogen-bond donors (Lipinski definition) is 2. The monoisotopic (exact) mass is 196 g/mol. The van der Waals surface area contributed by atoms with Crippen LogP contribution < -0.4 is 11.3 Å². The Bertz CT molecular complexity index is 367. The molecule has 0 aliphatic carbocycles. The van der Waals surface area contributed by atoms with E-state index in [1.165, 1.54) is 4.57 Å². The predicted molar refractivity (Wildman–Crippen MR) is 55.4 cm³/mol. The molecule has 1 aromatic heterocycles. The lowest BCUT2D eigenvalue weighted by atomic mass is 10.2. The summed E-state index contributed by atoms with van der Waals surface area (Å²) in [5, 5.41) is 9.05. The summed E-state index contributed by atoms with van der Waals surface area (Å²) < 4.78 is 1.50. The summed E-state index contributed by atoms with van der Waals surface area (Å²) in [6, 6.07) is 1.50. The van der Waals surface area contributed by atoms with Crippen molar-refractivity contribution in [3.8, 4) is 0 Å². The SMILES string of the molecule is Cc1cc(C)c(=O)n(C(CN)CO)c1. The van der Waals surface area contributed by atoms with Crippen molar-refractivity contribution in [1.29, 1.82) is 0 Å². The lowest BCUT2D eigenvalue weighted by Crippen LogP contribution is -2.32. The van der Waals surface area contributed by atoms with Crippen molar-refractivity contribution in [3.05, 3.63) is 33.7 Å². The van der Waals surface area contributed by atoms with E-state index >= 15 is 0 Å². The van der Waals surface area contributed by atoms with Gasteiger partial charge in [0.15, 0.2) is 0 Å². The van der Waals surface area contributed by atoms with Crippen molar-refractivity contribution < 1.29 is 5.11 Å². The molecule has 1 atom stereocenters. The molecule has 78 valence electrons. The number of hydrogen-bond acceptors (Lipinski definition) is 3. The van der Waals surface area contributed by atoms with Gasteiger partial charge < -0.3 is 15.4 Å². The van der Waals surface area contributed by atoms with E-state index in [4.69, 9.17) is 10.8 Å². The highest BCUT2D eigenvalue weighted by Crippen LogP contribution is 2.04. The molecular formula is C10H16N2O2. The second kappa shape index (κ2) is 4.39. The zero-order valence-electron chi connectivity index (χ0n) is 8.53. The molecule has 14 heavy (non-hydrogen) atoms. The van der Waals surface area contributed by atoms with Crippen LogP contribution in [0.15, 0.2) is 17.1 Å². The van der Waals surface area contributed by atoms with Crippen molar-refractivity contribution in [2.24, 2.45) is 5.73 Å². The minimum atomic E-state index is -0.318. The number of aryl methyl sites for hydroxylation is 2. The molecule has 0 amide bonds. The summed E-state index contributed by atoms with van der Waals surface area (Å²) in [7, 11) is 0. The van der Waals surface area contributed by atoms with E-state index in [0.29, 0.717) is 5.56 Å². The zero-order chi connectivity index (χ0) is 10.7. The molecule has 0 fully saturated rings. The lowest BCUT2D eigenvalue weighted by molar-refractivity contribution is 0.229. The van der Waals surface area contributed by atoms with Crippen molar-refractivity contribution in [2.75, 3.05) is 13.2 Å². The van der Waals surface area contributed by atoms with Crippen LogP contribution in [0.2, 0.25) is 0 Å². The first-order chi connectivity index (χ1) is 6.60. The molecule has 0 aromatic carbocycles. The molecule has 1 heterocycles. The first-order valence-corrected chi connectivity index (χ1v) is 4.60. The van der Waals surface area contributed by atoms with Crippen molar-refractivity contribution >= 4 is 0 Å². The summed E-state index contributed by atoms with van der Waals surface area (Å²) in [6.07, 6.45) is 1.73. The Morgan fingerprint density at radius 2 is 2.21 bits per heavy atom. The average Bonchev–Trinajstić information content (AvgIpc) is 2.15. The fourth-order valence-corrected chi connectivity index (χ4v) is 1.47. The van der Waals surface area contributed by atoms with Gasteiger partial charge in [-0.15, -0.1) is 0 Å². The molecule has 4 nitrogen and oxygen atoms in total. The number of aromatic nitrogens is 1. The molecule has 4 heteroatoms. The highest BCUT2D eigenvalue weighted by Gasteiger charge is 2.10. The number of nitrogens with zero attached hydrogens (tertiary/aromatic N) is 1. The number of nitrogens with two attached hydrogens (primary N) is 1. The third-order valence-corrected chi connectivity index (χ3v) is 2.23. The lowest BCUT2D eigenvalue weighted by Gasteiger charge is -2.16. The molecule has 1 aromatic rings. The second-order valence-electron chi connectivity index (χ2n) is 3.48. The van der Waals surface area contributed by atoms with Gasteiger partial charge in [0.05, 0.1) is 12.6 Å². The first-order valence-electron chi connectivity index (χ1n) is 4.60. The number of aliphatic hydroxyl groups is 1. The zero-order valence-corrected chi connectivity index (χ0v) is 8.53. The van der Waals surface area contributed by atoms with Crippen molar-refractivity contribution in [1.82, 2.24) is 4.57 Å². The molecule has 0 saturated carbocycles. The van der Waals surface area contributed by atoms with E-state index in [1.54, 1.807) is 13.1 Å². The summed E-state index contributed by atoms with van der Waals surface area (Å²) in [5.74, 6) is 0. The molecule has 0 aliphatic heterocycles. The number of pyridine rings is 1. The Kier molecular flexibility index (Phi) is 3.43. The summed E-state index contributed by atoms with van der Waals surface area (Å²) in [5.41, 5.74) is 7.05. The quantitative estimate of drug-likeness (QED) is 0.712. The Morgan fingerprint density at radius 3 is 2.71 bits per heavy atom. The predicted octanol–water partition coefficient (Wildman–Crippen LogP) is -0.0428. The smallest absolute Gasteiger partial charge is 0.253 e. The fraction of sp³-hybridized carbons (Fsp3) is 0.500. The van der Waals surface area contributed by atoms with E-state index in [1.807, 2.05) is 13.0 Å². The summed E-state index contributed by atoms with van der Waals surface area (Å²) in [4.78, 5) is 11.7. The van der Waals surface area contributed by atoms with Crippen LogP contribution in [0, 0.1) is 13.8 Å². The third kappa shape index (κ3) is 2.02. The van der Waals surface area contributed by atoms with Gasteiger partial charge in [0.1, 0.15) is 0 Å². The van der Waals surface area contributed by atoms with E-state index in [0.717, 1.165) is 5.56 Å². The van der Waals surface area contributed by atoms with Crippen LogP contribution >= 0.6 is 0 Å². The highest BCUT2D eigenvalue weighted by molar-refractivity contribution is 5.17. The second-order valence-corrected chi connectivity index (χ2v) is 3.48. The van der Waals surface area contributed by atoms with Gasteiger partial charge in [-0.25, -0.2) is 0 Å². The molecular weight excluding hydrogens is 180 g/mol. The molecule has 3 N–H and O–H groups in total. The summed E-state index contributed by atoms with van der Waals surface area (Å²) >= 11 is 0. The maximum atomic E-state index is 11.7. The van der Waals surface area contributed by atoms with E-state index in [2.05, 4.69) is 0 Å². The van der Waals surface area contributed by atoms with E-state index in [9.17, 15) is 4.79 Å². The van der Waals surface area contributed by atoms with Gasteiger partial charge in [-0.05, 0) is 25.5 Å². The van der Waals surface area contributed by atoms with Crippen LogP contribution in [0.5, 0.6) is 0 Å². The van der Waals surface area contributed by atoms with Gasteiger partial charge in [0.25, 0.3) is 5.56 Å². The molecule has 0 saturated heterocycles. The minimum absolute atomic E-state index is 0.0832. The molecule has 0 spiro atoms. The van der Waals surface area contributed by atoms with Gasteiger partial charge in [-0.2, -0.15) is 0 Å². The highest BCUT2D eigenvalue weighted by atomic mass is 16.3. The Hall–Kier alpha value is -1.13. The van der Waals surface area contributed by atoms with E-state index in [-0.39, 0.29) is 24.8 Å². The largest absolute Gasteiger partial charge is 0.394 e. The number of aliphatic hydroxyl groups excluding tert-OH is 1. The normalized spacial score (nSPS) is 12.9. The Morgan fingerprint density at radius 1 is 1.57 bits per heavy atom. The molecule has 0 radical (unpaired) electrons. The maximum absolute atomic E-state index is 11.7. The van der Waals surface area contributed by atoms with Gasteiger partial charge in [-0.1, -0.05) is 0 Å². The topological polar surface area (TPSA) is 68.2 Å². The van der Waals surface area contributed by atoms with E-state index < -0.39 is 0 Å². The Balaban J connectivity index is 3.26. The van der Waals surface area contributed by atoms with Crippen LogP contribution in [-0.4, -0.2) is 22.8 Å². The van der Waals surface area contributed by atoms with Gasteiger partial charge >= 0.3 is 0 Å². The van der Waals surface area contributed by atoms with Crippen LogP contribution in [0.25, 0.3) is 0 Å². The third-order valence-electron chi connectivity index (χ3n) is 2.23. The molecule has 0 bridgehead atoms.